The summed E-state index contributed by atoms with van der Waals surface area (Å²) in [5.74, 6) is 3.40. The topological polar surface area (TPSA) is 0 Å². The van der Waals surface area contributed by atoms with Gasteiger partial charge in [-0.3, -0.25) is 0 Å². The first kappa shape index (κ1) is 11.0. The molecule has 0 bridgehead atoms. The highest BCUT2D eigenvalue weighted by atomic mass is 14.4. The maximum Gasteiger partial charge on any atom is -0.0132 e. The fourth-order valence-electron chi connectivity index (χ4n) is 3.40. The second-order valence-electron chi connectivity index (χ2n) is 5.83. The average molecular weight is 204 g/mol. The van der Waals surface area contributed by atoms with E-state index in [-0.39, 0.29) is 0 Å². The Hall–Kier alpha value is -0.520. The van der Waals surface area contributed by atoms with Gasteiger partial charge in [-0.05, 0) is 56.8 Å². The quantitative estimate of drug-likeness (QED) is 0.548. The van der Waals surface area contributed by atoms with Gasteiger partial charge in [0.05, 0.1) is 0 Å². The molecular weight excluding hydrogens is 180 g/mol. The zero-order valence-corrected chi connectivity index (χ0v) is 10.6. The molecule has 0 aromatic rings. The zero-order chi connectivity index (χ0) is 11.0. The van der Waals surface area contributed by atoms with Crippen LogP contribution in [0.2, 0.25) is 0 Å². The summed E-state index contributed by atoms with van der Waals surface area (Å²) in [4.78, 5) is 0. The van der Waals surface area contributed by atoms with Gasteiger partial charge < -0.3 is 0 Å². The van der Waals surface area contributed by atoms with Crippen LogP contribution in [0.1, 0.15) is 47.0 Å². The van der Waals surface area contributed by atoms with E-state index in [0.29, 0.717) is 0 Å². The summed E-state index contributed by atoms with van der Waals surface area (Å²) in [5.41, 5.74) is 3.28. The molecule has 0 aromatic carbocycles. The highest BCUT2D eigenvalue weighted by Crippen LogP contribution is 2.45. The molecule has 0 heterocycles. The van der Waals surface area contributed by atoms with Crippen LogP contribution >= 0.6 is 0 Å². The molecule has 2 aliphatic rings. The molecule has 0 spiro atoms. The van der Waals surface area contributed by atoms with Crippen LogP contribution in [0.5, 0.6) is 0 Å². The van der Waals surface area contributed by atoms with Crippen LogP contribution in [-0.2, 0) is 0 Å². The molecule has 0 nitrogen and oxygen atoms in total. The minimum absolute atomic E-state index is 0.823. The lowest BCUT2D eigenvalue weighted by molar-refractivity contribution is 0.210. The lowest BCUT2D eigenvalue weighted by Gasteiger charge is -2.41. The van der Waals surface area contributed by atoms with Crippen molar-refractivity contribution in [2.24, 2.45) is 23.7 Å². The molecule has 0 heteroatoms. The summed E-state index contributed by atoms with van der Waals surface area (Å²) in [6.45, 7) is 9.41. The summed E-state index contributed by atoms with van der Waals surface area (Å²) in [5, 5.41) is 0. The fourth-order valence-corrected chi connectivity index (χ4v) is 3.40. The normalized spacial score (nSPS) is 35.9. The van der Waals surface area contributed by atoms with Crippen molar-refractivity contribution in [3.05, 3.63) is 23.3 Å². The standard InChI is InChI=1S/C15H24/c1-10(2)13-8-6-12(4)14-7-5-11(3)9-15(13)14/h6,9-10,13-15H,5,7-8H2,1-4H3/t13-,14+,15+/m0/s1. The molecule has 3 atom stereocenters. The summed E-state index contributed by atoms with van der Waals surface area (Å²) in [7, 11) is 0. The van der Waals surface area contributed by atoms with Gasteiger partial charge in [0, 0.05) is 0 Å². The molecule has 0 saturated heterocycles. The van der Waals surface area contributed by atoms with E-state index >= 15 is 0 Å². The van der Waals surface area contributed by atoms with E-state index in [1.165, 1.54) is 19.3 Å². The van der Waals surface area contributed by atoms with E-state index in [2.05, 4.69) is 39.8 Å². The smallest absolute Gasteiger partial charge is 0.0132 e. The van der Waals surface area contributed by atoms with Crippen molar-refractivity contribution in [3.63, 3.8) is 0 Å². The second-order valence-corrected chi connectivity index (χ2v) is 5.83. The third-order valence-corrected chi connectivity index (χ3v) is 4.44. The first-order valence-electron chi connectivity index (χ1n) is 6.43. The maximum atomic E-state index is 2.58. The number of hydrogen-bond donors (Lipinski definition) is 0. The van der Waals surface area contributed by atoms with Crippen molar-refractivity contribution in [1.82, 2.24) is 0 Å². The largest absolute Gasteiger partial charge is 0.0850 e. The van der Waals surface area contributed by atoms with Gasteiger partial charge >= 0.3 is 0 Å². The van der Waals surface area contributed by atoms with Crippen LogP contribution in [0, 0.1) is 23.7 Å². The van der Waals surface area contributed by atoms with Gasteiger partial charge in [0.1, 0.15) is 0 Å². The van der Waals surface area contributed by atoms with Crippen LogP contribution in [0.3, 0.4) is 0 Å². The Balaban J connectivity index is 2.28. The van der Waals surface area contributed by atoms with Gasteiger partial charge in [0.2, 0.25) is 0 Å². The van der Waals surface area contributed by atoms with E-state index < -0.39 is 0 Å². The predicted molar refractivity (Wildman–Crippen MR) is 66.7 cm³/mol. The van der Waals surface area contributed by atoms with Crippen molar-refractivity contribution in [1.29, 1.82) is 0 Å². The van der Waals surface area contributed by atoms with Crippen molar-refractivity contribution in [2.75, 3.05) is 0 Å². The van der Waals surface area contributed by atoms with Gasteiger partial charge in [-0.1, -0.05) is 37.1 Å². The van der Waals surface area contributed by atoms with Gasteiger partial charge in [0.15, 0.2) is 0 Å². The van der Waals surface area contributed by atoms with Gasteiger partial charge in [-0.15, -0.1) is 0 Å². The van der Waals surface area contributed by atoms with E-state index in [4.69, 9.17) is 0 Å². The molecule has 2 rings (SSSR count). The number of rotatable bonds is 1. The van der Waals surface area contributed by atoms with Crippen LogP contribution in [0.15, 0.2) is 23.3 Å². The van der Waals surface area contributed by atoms with Crippen molar-refractivity contribution in [2.45, 2.75) is 47.0 Å². The number of fused-ring (bicyclic) bond motifs is 1. The molecule has 0 unspecified atom stereocenters. The van der Waals surface area contributed by atoms with Gasteiger partial charge in [-0.2, -0.15) is 0 Å². The molecule has 0 aromatic heterocycles. The Labute approximate surface area is 94.5 Å². The van der Waals surface area contributed by atoms with Crippen molar-refractivity contribution >= 4 is 0 Å². The molecule has 84 valence electrons. The first-order valence-corrected chi connectivity index (χ1v) is 6.43. The molecule has 0 aliphatic heterocycles. The molecule has 2 aliphatic carbocycles. The molecule has 0 fully saturated rings. The number of allylic oxidation sites excluding steroid dienone is 4. The summed E-state index contributed by atoms with van der Waals surface area (Å²) in [6, 6.07) is 0. The highest BCUT2D eigenvalue weighted by molar-refractivity contribution is 5.20. The SMILES string of the molecule is CC1=C[C@H]2[C@H](CC1)C(C)=CC[C@H]2C(C)C. The Kier molecular flexibility index (Phi) is 3.04. The van der Waals surface area contributed by atoms with Crippen molar-refractivity contribution in [3.8, 4) is 0 Å². The molecule has 0 saturated carbocycles. The van der Waals surface area contributed by atoms with E-state index in [1.54, 1.807) is 11.1 Å². The highest BCUT2D eigenvalue weighted by Gasteiger charge is 2.34. The van der Waals surface area contributed by atoms with Gasteiger partial charge in [-0.25, -0.2) is 0 Å². The van der Waals surface area contributed by atoms with E-state index in [0.717, 1.165) is 23.7 Å². The minimum Gasteiger partial charge on any atom is -0.0850 e. The predicted octanol–water partition coefficient (Wildman–Crippen LogP) is 4.58. The third-order valence-electron chi connectivity index (χ3n) is 4.44. The Morgan fingerprint density at radius 1 is 1.27 bits per heavy atom. The summed E-state index contributed by atoms with van der Waals surface area (Å²) in [6.07, 6.45) is 9.08. The maximum absolute atomic E-state index is 2.58. The lowest BCUT2D eigenvalue weighted by atomic mass is 9.64. The molecule has 0 amide bonds. The molecule has 0 N–H and O–H groups in total. The van der Waals surface area contributed by atoms with E-state index in [9.17, 15) is 0 Å². The fraction of sp³-hybridized carbons (Fsp3) is 0.733. The van der Waals surface area contributed by atoms with Crippen LogP contribution in [-0.4, -0.2) is 0 Å². The first-order chi connectivity index (χ1) is 7.09. The monoisotopic (exact) mass is 204 g/mol. The number of hydrogen-bond acceptors (Lipinski definition) is 0. The lowest BCUT2D eigenvalue weighted by Crippen LogP contribution is -2.31. The molecular formula is C15H24. The summed E-state index contributed by atoms with van der Waals surface area (Å²) >= 11 is 0. The van der Waals surface area contributed by atoms with E-state index in [1.807, 2.05) is 0 Å². The molecule has 15 heavy (non-hydrogen) atoms. The Bertz CT molecular complexity index is 293. The average Bonchev–Trinajstić information content (AvgIpc) is 2.17. The summed E-state index contributed by atoms with van der Waals surface area (Å²) < 4.78 is 0. The zero-order valence-electron chi connectivity index (χ0n) is 10.6. The minimum atomic E-state index is 0.823. The van der Waals surface area contributed by atoms with Crippen LogP contribution in [0.4, 0.5) is 0 Å². The van der Waals surface area contributed by atoms with Crippen LogP contribution in [0.25, 0.3) is 0 Å². The van der Waals surface area contributed by atoms with Crippen LogP contribution < -0.4 is 0 Å². The third kappa shape index (κ3) is 2.04. The second kappa shape index (κ2) is 4.15. The van der Waals surface area contributed by atoms with Gasteiger partial charge in [0.25, 0.3) is 0 Å². The molecule has 0 radical (unpaired) electrons. The van der Waals surface area contributed by atoms with Crippen molar-refractivity contribution < 1.29 is 0 Å². The Morgan fingerprint density at radius 3 is 2.67 bits per heavy atom. The Morgan fingerprint density at radius 2 is 2.00 bits per heavy atom.